The average molecular weight is 965 g/mol. The van der Waals surface area contributed by atoms with Crippen molar-refractivity contribution in [2.24, 2.45) is 11.8 Å². The molecule has 0 atom stereocenters. The zero-order valence-electron chi connectivity index (χ0n) is 44.9. The predicted molar refractivity (Wildman–Crippen MR) is 279 cm³/mol. The summed E-state index contributed by atoms with van der Waals surface area (Å²) in [6, 6.07) is 0.555. The van der Waals surface area contributed by atoms with Crippen LogP contribution in [0.4, 0.5) is 0 Å². The third-order valence-corrected chi connectivity index (χ3v) is 14.0. The predicted octanol–water partition coefficient (Wildman–Crippen LogP) is 13.5. The molecule has 0 aromatic rings. The van der Waals surface area contributed by atoms with Crippen LogP contribution in [0.2, 0.25) is 0 Å². The second-order valence-corrected chi connectivity index (χ2v) is 20.4. The molecule has 1 aliphatic carbocycles. The van der Waals surface area contributed by atoms with Crippen molar-refractivity contribution in [2.45, 2.75) is 265 Å². The summed E-state index contributed by atoms with van der Waals surface area (Å²) in [4.78, 5) is 55.7. The largest absolute Gasteiger partial charge is 0.465 e. The van der Waals surface area contributed by atoms with E-state index in [0.29, 0.717) is 51.5 Å². The zero-order chi connectivity index (χ0) is 49.6. The second-order valence-electron chi connectivity index (χ2n) is 20.4. The highest BCUT2D eigenvalue weighted by Gasteiger charge is 2.22. The van der Waals surface area contributed by atoms with E-state index >= 15 is 0 Å². The molecule has 0 heterocycles. The van der Waals surface area contributed by atoms with Gasteiger partial charge in [0.15, 0.2) is 0 Å². The van der Waals surface area contributed by atoms with Crippen molar-refractivity contribution >= 4 is 23.9 Å². The van der Waals surface area contributed by atoms with E-state index in [1.54, 1.807) is 0 Å². The zero-order valence-corrected chi connectivity index (χ0v) is 44.9. The lowest BCUT2D eigenvalue weighted by molar-refractivity contribution is -0.151. The van der Waals surface area contributed by atoms with Gasteiger partial charge in [0, 0.05) is 63.2 Å². The minimum Gasteiger partial charge on any atom is -0.465 e. The van der Waals surface area contributed by atoms with Crippen LogP contribution < -0.4 is 0 Å². The number of rotatable bonds is 48. The first kappa shape index (κ1) is 63.8. The highest BCUT2D eigenvalue weighted by atomic mass is 16.6. The molecule has 1 N–H and O–H groups in total. The number of hydrogen-bond acceptors (Lipinski definition) is 11. The highest BCUT2D eigenvalue weighted by Crippen LogP contribution is 2.24. The van der Waals surface area contributed by atoms with Crippen LogP contribution in [0.15, 0.2) is 0 Å². The Balaban J connectivity index is 2.81. The monoisotopic (exact) mass is 965 g/mol. The van der Waals surface area contributed by atoms with Crippen LogP contribution in [0.25, 0.3) is 0 Å². The van der Waals surface area contributed by atoms with Gasteiger partial charge in [0.1, 0.15) is 0 Å². The van der Waals surface area contributed by atoms with Gasteiger partial charge in [-0.05, 0) is 77.3 Å². The van der Waals surface area contributed by atoms with E-state index in [1.807, 2.05) is 0 Å². The van der Waals surface area contributed by atoms with Gasteiger partial charge in [0.25, 0.3) is 0 Å². The molecule has 11 heteroatoms. The summed E-state index contributed by atoms with van der Waals surface area (Å²) in [6.45, 7) is 14.4. The third-order valence-electron chi connectivity index (χ3n) is 14.0. The molecular weight excluding hydrogens is 857 g/mol. The number of carbonyl (C=O) groups excluding carboxylic acids is 4. The number of aliphatic hydroxyl groups excluding tert-OH is 1. The second kappa shape index (κ2) is 47.1. The molecule has 0 aliphatic heterocycles. The first-order valence-electron chi connectivity index (χ1n) is 29.0. The van der Waals surface area contributed by atoms with Gasteiger partial charge >= 0.3 is 23.9 Å². The number of ether oxygens (including phenoxy) is 4. The number of nitrogens with zero attached hydrogens (tertiary/aromatic N) is 2. The number of unbranched alkanes of at least 4 members (excludes halogenated alkanes) is 18. The van der Waals surface area contributed by atoms with Crippen LogP contribution >= 0.6 is 0 Å². The molecule has 0 spiro atoms. The number of esters is 4. The number of aliphatic hydroxyl groups is 1. The van der Waals surface area contributed by atoms with Crippen LogP contribution in [0.3, 0.4) is 0 Å². The molecule has 1 rings (SSSR count). The van der Waals surface area contributed by atoms with Gasteiger partial charge in [-0.2, -0.15) is 0 Å². The Hall–Kier alpha value is -2.24. The molecule has 1 fully saturated rings. The summed E-state index contributed by atoms with van der Waals surface area (Å²) in [5.74, 6) is -0.638. The minimum absolute atomic E-state index is 0.00574. The van der Waals surface area contributed by atoms with Gasteiger partial charge in [0.05, 0.1) is 33.0 Å². The van der Waals surface area contributed by atoms with Crippen molar-refractivity contribution < 1.29 is 43.2 Å². The Labute approximate surface area is 418 Å². The highest BCUT2D eigenvalue weighted by molar-refractivity contribution is 5.70. The van der Waals surface area contributed by atoms with Crippen molar-refractivity contribution in [1.29, 1.82) is 0 Å². The van der Waals surface area contributed by atoms with E-state index in [2.05, 4.69) is 37.5 Å². The van der Waals surface area contributed by atoms with Crippen LogP contribution in [0.1, 0.15) is 259 Å². The van der Waals surface area contributed by atoms with Gasteiger partial charge in [-0.15, -0.1) is 0 Å². The lowest BCUT2D eigenvalue weighted by Crippen LogP contribution is -2.42. The maximum Gasteiger partial charge on any atom is 0.305 e. The smallest absolute Gasteiger partial charge is 0.305 e. The lowest BCUT2D eigenvalue weighted by atomic mass is 10.0. The fraction of sp³-hybridized carbons (Fsp3) is 0.930. The van der Waals surface area contributed by atoms with Crippen LogP contribution in [-0.4, -0.2) is 111 Å². The van der Waals surface area contributed by atoms with Crippen molar-refractivity contribution in [1.82, 2.24) is 9.80 Å². The van der Waals surface area contributed by atoms with E-state index in [4.69, 9.17) is 18.9 Å². The van der Waals surface area contributed by atoms with Gasteiger partial charge in [-0.1, -0.05) is 169 Å². The van der Waals surface area contributed by atoms with Gasteiger partial charge in [-0.3, -0.25) is 29.0 Å². The van der Waals surface area contributed by atoms with E-state index in [9.17, 15) is 24.3 Å². The van der Waals surface area contributed by atoms with E-state index < -0.39 is 0 Å². The molecule has 0 unspecified atom stereocenters. The Morgan fingerprint density at radius 2 is 0.765 bits per heavy atom. The van der Waals surface area contributed by atoms with Gasteiger partial charge in [0.2, 0.25) is 0 Å². The Bertz CT molecular complexity index is 1120. The summed E-state index contributed by atoms with van der Waals surface area (Å²) >= 11 is 0. The van der Waals surface area contributed by atoms with Crippen LogP contribution in [0.5, 0.6) is 0 Å². The maximum absolute atomic E-state index is 12.7. The molecule has 0 saturated heterocycles. The Kier molecular flexibility index (Phi) is 44.2. The standard InChI is InChI=1S/C57H108N2O9/c1-5-9-13-17-25-37-54(61)65-47-51(48-66-55(62)38-26-18-14-10-6-2)33-29-31-41-58(45-46-60)43-44-59(53-35-23-21-22-24-36-53)42-32-30-34-52(49-67-56(63)39-27-19-15-11-7-3)50-68-57(64)40-28-20-16-12-8-4/h51-53,60H,5-50H2,1-4H3. The maximum atomic E-state index is 12.7. The van der Waals surface area contributed by atoms with E-state index in [0.717, 1.165) is 142 Å². The summed E-state index contributed by atoms with van der Waals surface area (Å²) in [5.41, 5.74) is 0. The van der Waals surface area contributed by atoms with E-state index in [-0.39, 0.29) is 55.5 Å². The Morgan fingerprint density at radius 3 is 1.12 bits per heavy atom. The fourth-order valence-corrected chi connectivity index (χ4v) is 9.42. The molecule has 1 aliphatic rings. The summed E-state index contributed by atoms with van der Waals surface area (Å²) in [6.07, 6.45) is 36.6. The van der Waals surface area contributed by atoms with Crippen molar-refractivity contribution in [3.8, 4) is 0 Å². The minimum atomic E-state index is -0.158. The molecule has 1 saturated carbocycles. The molecule has 0 bridgehead atoms. The Morgan fingerprint density at radius 1 is 0.412 bits per heavy atom. The fourth-order valence-electron chi connectivity index (χ4n) is 9.42. The molecular formula is C57H108N2O9. The molecule has 0 aromatic heterocycles. The summed E-state index contributed by atoms with van der Waals surface area (Å²) in [5, 5.41) is 10.1. The summed E-state index contributed by atoms with van der Waals surface area (Å²) in [7, 11) is 0. The molecule has 0 aromatic carbocycles. The molecule has 11 nitrogen and oxygen atoms in total. The summed E-state index contributed by atoms with van der Waals surface area (Å²) < 4.78 is 23.0. The van der Waals surface area contributed by atoms with Crippen LogP contribution in [0, 0.1) is 11.8 Å². The van der Waals surface area contributed by atoms with Crippen molar-refractivity contribution in [2.75, 3.05) is 65.8 Å². The van der Waals surface area contributed by atoms with Gasteiger partial charge < -0.3 is 24.1 Å². The van der Waals surface area contributed by atoms with Crippen molar-refractivity contribution in [3.05, 3.63) is 0 Å². The quantitative estimate of drug-likeness (QED) is 0.0270. The lowest BCUT2D eigenvalue weighted by Gasteiger charge is -2.33. The number of hydrogen-bond donors (Lipinski definition) is 1. The normalized spacial score (nSPS) is 13.4. The molecule has 0 radical (unpaired) electrons. The molecule has 400 valence electrons. The van der Waals surface area contributed by atoms with Gasteiger partial charge in [-0.25, -0.2) is 0 Å². The molecule has 68 heavy (non-hydrogen) atoms. The van der Waals surface area contributed by atoms with Crippen LogP contribution in [-0.2, 0) is 38.1 Å². The SMILES string of the molecule is CCCCCCCC(=O)OCC(CCCCN(CCO)CCN(CCCCC(COC(=O)CCCCCCC)COC(=O)CCCCCCC)C1CCCCCC1)COC(=O)CCCCCCC. The third kappa shape index (κ3) is 38.5. The van der Waals surface area contributed by atoms with E-state index in [1.165, 1.54) is 89.9 Å². The van der Waals surface area contributed by atoms with Crippen molar-refractivity contribution in [3.63, 3.8) is 0 Å². The topological polar surface area (TPSA) is 132 Å². The first-order valence-corrected chi connectivity index (χ1v) is 29.0. The first-order chi connectivity index (χ1) is 33.3. The molecule has 0 amide bonds. The average Bonchev–Trinajstić information content (AvgIpc) is 3.63. The number of carbonyl (C=O) groups is 4.